The van der Waals surface area contributed by atoms with E-state index in [9.17, 15) is 0 Å². The molecule has 1 aromatic rings. The summed E-state index contributed by atoms with van der Waals surface area (Å²) in [5.41, 5.74) is 1.37. The first-order valence-electron chi connectivity index (χ1n) is 9.02. The minimum atomic E-state index is -1.82. The lowest BCUT2D eigenvalue weighted by Crippen LogP contribution is -2.43. The summed E-state index contributed by atoms with van der Waals surface area (Å²) in [6.07, 6.45) is 2.36. The van der Waals surface area contributed by atoms with Gasteiger partial charge >= 0.3 is 11.9 Å². The standard InChI is InChI=1S/C17H28N2O.C2H2O4/c1-15(2)16-5-7-17(8-6-16)20-14-4-3-11-19-12-9-18-10-13-19;3-1(4)2(5)6/h5-8,15,18H,3-4,9-14H2,1-2H3;(H,3,4)(H,5,6). The van der Waals surface area contributed by atoms with E-state index in [1.54, 1.807) is 0 Å². The van der Waals surface area contributed by atoms with Crippen molar-refractivity contribution in [2.45, 2.75) is 32.6 Å². The topological polar surface area (TPSA) is 99.1 Å². The molecule has 0 unspecified atom stereocenters. The number of unbranched alkanes of at least 4 members (excludes halogenated alkanes) is 1. The fraction of sp³-hybridized carbons (Fsp3) is 0.579. The average molecular weight is 366 g/mol. The van der Waals surface area contributed by atoms with E-state index in [-0.39, 0.29) is 0 Å². The van der Waals surface area contributed by atoms with Crippen LogP contribution in [-0.2, 0) is 9.59 Å². The highest BCUT2D eigenvalue weighted by molar-refractivity contribution is 6.27. The monoisotopic (exact) mass is 366 g/mol. The molecule has 0 spiro atoms. The Kier molecular flexibility index (Phi) is 10.3. The van der Waals surface area contributed by atoms with Gasteiger partial charge < -0.3 is 25.2 Å². The Morgan fingerprint density at radius 2 is 1.65 bits per heavy atom. The quantitative estimate of drug-likeness (QED) is 0.501. The van der Waals surface area contributed by atoms with E-state index in [0.717, 1.165) is 31.9 Å². The van der Waals surface area contributed by atoms with E-state index in [2.05, 4.69) is 48.3 Å². The Balaban J connectivity index is 0.000000487. The molecule has 0 bridgehead atoms. The summed E-state index contributed by atoms with van der Waals surface area (Å²) in [4.78, 5) is 20.7. The summed E-state index contributed by atoms with van der Waals surface area (Å²) in [5, 5.41) is 18.2. The second kappa shape index (κ2) is 12.3. The Labute approximate surface area is 155 Å². The van der Waals surface area contributed by atoms with Gasteiger partial charge in [0, 0.05) is 26.2 Å². The highest BCUT2D eigenvalue weighted by Gasteiger charge is 2.08. The van der Waals surface area contributed by atoms with Crippen LogP contribution >= 0.6 is 0 Å². The highest BCUT2D eigenvalue weighted by Crippen LogP contribution is 2.18. The Hall–Kier alpha value is -2.12. The Bertz CT molecular complexity index is 527. The summed E-state index contributed by atoms with van der Waals surface area (Å²) in [5.74, 6) is -2.07. The van der Waals surface area contributed by atoms with Crippen LogP contribution in [0.25, 0.3) is 0 Å². The molecular weight excluding hydrogens is 336 g/mol. The van der Waals surface area contributed by atoms with Crippen molar-refractivity contribution >= 4 is 11.9 Å². The number of hydrogen-bond donors (Lipinski definition) is 3. The molecule has 3 N–H and O–H groups in total. The molecule has 0 amide bonds. The number of aliphatic carboxylic acids is 2. The van der Waals surface area contributed by atoms with Crippen LogP contribution < -0.4 is 10.1 Å². The number of carbonyl (C=O) groups is 2. The maximum absolute atomic E-state index is 9.10. The van der Waals surface area contributed by atoms with Gasteiger partial charge in [-0.15, -0.1) is 0 Å². The number of benzene rings is 1. The van der Waals surface area contributed by atoms with Crippen molar-refractivity contribution in [1.29, 1.82) is 0 Å². The molecule has 1 saturated heterocycles. The fourth-order valence-electron chi connectivity index (χ4n) is 2.51. The first-order valence-corrected chi connectivity index (χ1v) is 9.02. The molecule has 0 aliphatic carbocycles. The van der Waals surface area contributed by atoms with E-state index in [0.29, 0.717) is 5.92 Å². The smallest absolute Gasteiger partial charge is 0.414 e. The number of carboxylic acids is 2. The molecule has 1 fully saturated rings. The second-order valence-electron chi connectivity index (χ2n) is 6.48. The van der Waals surface area contributed by atoms with Gasteiger partial charge in [-0.2, -0.15) is 0 Å². The largest absolute Gasteiger partial charge is 0.494 e. The molecule has 7 heteroatoms. The van der Waals surface area contributed by atoms with Crippen molar-refractivity contribution in [3.63, 3.8) is 0 Å². The van der Waals surface area contributed by atoms with Crippen molar-refractivity contribution in [2.24, 2.45) is 0 Å². The maximum Gasteiger partial charge on any atom is 0.414 e. The van der Waals surface area contributed by atoms with Crippen LogP contribution in [0.15, 0.2) is 24.3 Å². The lowest BCUT2D eigenvalue weighted by atomic mass is 10.0. The number of hydrogen-bond acceptors (Lipinski definition) is 5. The van der Waals surface area contributed by atoms with Crippen molar-refractivity contribution < 1.29 is 24.5 Å². The van der Waals surface area contributed by atoms with Gasteiger partial charge in [0.05, 0.1) is 6.61 Å². The summed E-state index contributed by atoms with van der Waals surface area (Å²) < 4.78 is 5.80. The molecule has 26 heavy (non-hydrogen) atoms. The molecule has 2 rings (SSSR count). The summed E-state index contributed by atoms with van der Waals surface area (Å²) >= 11 is 0. The van der Waals surface area contributed by atoms with Gasteiger partial charge in [0.2, 0.25) is 0 Å². The SMILES string of the molecule is CC(C)c1ccc(OCCCCN2CCNCC2)cc1.O=C(O)C(=O)O. The fourth-order valence-corrected chi connectivity index (χ4v) is 2.51. The molecule has 7 nitrogen and oxygen atoms in total. The normalized spacial score (nSPS) is 14.4. The number of ether oxygens (including phenoxy) is 1. The zero-order chi connectivity index (χ0) is 19.4. The van der Waals surface area contributed by atoms with Gasteiger partial charge in [0.25, 0.3) is 0 Å². The molecule has 0 radical (unpaired) electrons. The van der Waals surface area contributed by atoms with Crippen LogP contribution in [0.1, 0.15) is 38.2 Å². The first kappa shape index (κ1) is 21.9. The lowest BCUT2D eigenvalue weighted by molar-refractivity contribution is -0.159. The first-order chi connectivity index (χ1) is 12.4. The van der Waals surface area contributed by atoms with Gasteiger partial charge in [-0.3, -0.25) is 0 Å². The van der Waals surface area contributed by atoms with Crippen LogP contribution in [0.5, 0.6) is 5.75 Å². The van der Waals surface area contributed by atoms with E-state index in [4.69, 9.17) is 24.5 Å². The van der Waals surface area contributed by atoms with Crippen molar-refractivity contribution in [1.82, 2.24) is 10.2 Å². The van der Waals surface area contributed by atoms with Gasteiger partial charge in [0.15, 0.2) is 0 Å². The molecule has 1 aromatic carbocycles. The summed E-state index contributed by atoms with van der Waals surface area (Å²) in [7, 11) is 0. The zero-order valence-electron chi connectivity index (χ0n) is 15.6. The van der Waals surface area contributed by atoms with E-state index >= 15 is 0 Å². The maximum atomic E-state index is 9.10. The highest BCUT2D eigenvalue weighted by atomic mass is 16.5. The summed E-state index contributed by atoms with van der Waals surface area (Å²) in [6.45, 7) is 11.1. The minimum absolute atomic E-state index is 0.586. The van der Waals surface area contributed by atoms with Gasteiger partial charge in [0.1, 0.15) is 5.75 Å². The number of carboxylic acid groups (broad SMARTS) is 2. The molecule has 0 saturated carbocycles. The second-order valence-corrected chi connectivity index (χ2v) is 6.48. The number of piperazine rings is 1. The third kappa shape index (κ3) is 9.39. The minimum Gasteiger partial charge on any atom is -0.494 e. The molecule has 1 aliphatic rings. The van der Waals surface area contributed by atoms with Crippen LogP contribution in [0.2, 0.25) is 0 Å². The molecule has 146 valence electrons. The molecule has 1 aliphatic heterocycles. The predicted molar refractivity (Wildman–Crippen MR) is 99.8 cm³/mol. The van der Waals surface area contributed by atoms with Gasteiger partial charge in [-0.1, -0.05) is 26.0 Å². The van der Waals surface area contributed by atoms with Crippen LogP contribution in [0.3, 0.4) is 0 Å². The molecule has 0 atom stereocenters. The van der Waals surface area contributed by atoms with Crippen molar-refractivity contribution in [3.05, 3.63) is 29.8 Å². The number of nitrogens with one attached hydrogen (secondary N) is 1. The van der Waals surface area contributed by atoms with Gasteiger partial charge in [-0.25, -0.2) is 9.59 Å². The predicted octanol–water partition coefficient (Wildman–Crippen LogP) is 2.03. The van der Waals surface area contributed by atoms with Crippen LogP contribution in [0.4, 0.5) is 0 Å². The third-order valence-corrected chi connectivity index (χ3v) is 4.08. The number of nitrogens with zero attached hydrogens (tertiary/aromatic N) is 1. The lowest BCUT2D eigenvalue weighted by Gasteiger charge is -2.26. The molecule has 0 aromatic heterocycles. The van der Waals surface area contributed by atoms with E-state index in [1.165, 1.54) is 31.6 Å². The Morgan fingerprint density at radius 3 is 2.15 bits per heavy atom. The molecule has 1 heterocycles. The summed E-state index contributed by atoms with van der Waals surface area (Å²) in [6, 6.07) is 8.51. The van der Waals surface area contributed by atoms with Crippen molar-refractivity contribution in [3.8, 4) is 5.75 Å². The number of rotatable bonds is 7. The van der Waals surface area contributed by atoms with E-state index in [1.807, 2.05) is 0 Å². The Morgan fingerprint density at radius 1 is 1.08 bits per heavy atom. The zero-order valence-corrected chi connectivity index (χ0v) is 15.6. The third-order valence-electron chi connectivity index (χ3n) is 4.08. The van der Waals surface area contributed by atoms with E-state index < -0.39 is 11.9 Å². The average Bonchev–Trinajstić information content (AvgIpc) is 2.63. The van der Waals surface area contributed by atoms with Gasteiger partial charge in [-0.05, 0) is 43.0 Å². The van der Waals surface area contributed by atoms with Crippen LogP contribution in [0, 0.1) is 0 Å². The van der Waals surface area contributed by atoms with Crippen molar-refractivity contribution in [2.75, 3.05) is 39.3 Å². The molecular formula is C19H30N2O5. The van der Waals surface area contributed by atoms with Crippen LogP contribution in [-0.4, -0.2) is 66.4 Å².